The van der Waals surface area contributed by atoms with Gasteiger partial charge in [0.15, 0.2) is 0 Å². The molecule has 4 aromatic carbocycles. The van der Waals surface area contributed by atoms with Gasteiger partial charge in [0.05, 0.1) is 29.3 Å². The molecule has 0 saturated carbocycles. The molecule has 0 aliphatic rings. The number of nitrogens with two attached hydrogens (primary N) is 1. The molecule has 0 aliphatic heterocycles. The van der Waals surface area contributed by atoms with Gasteiger partial charge in [0.25, 0.3) is 0 Å². The number of halogens is 8. The second-order valence-electron chi connectivity index (χ2n) is 13.2. The Bertz CT molecular complexity index is 2240. The van der Waals surface area contributed by atoms with E-state index < -0.39 is 29.0 Å². The highest BCUT2D eigenvalue weighted by molar-refractivity contribution is 6.32. The zero-order valence-corrected chi connectivity index (χ0v) is 30.6. The zero-order valence-electron chi connectivity index (χ0n) is 29.0. The Morgan fingerprint density at radius 1 is 0.679 bits per heavy atom. The van der Waals surface area contributed by atoms with E-state index in [1.807, 2.05) is 13.8 Å². The normalized spacial score (nSPS) is 13.1. The van der Waals surface area contributed by atoms with Crippen molar-refractivity contribution in [2.45, 2.75) is 45.1 Å². The summed E-state index contributed by atoms with van der Waals surface area (Å²) in [6.45, 7) is 5.77. The molecule has 0 saturated heterocycles. The molecule has 2 aromatic heterocycles. The van der Waals surface area contributed by atoms with Crippen LogP contribution in [0.25, 0.3) is 44.1 Å². The van der Waals surface area contributed by atoms with Crippen molar-refractivity contribution in [1.82, 2.24) is 9.97 Å². The molecule has 0 unspecified atom stereocenters. The molecule has 2 N–H and O–H groups in total. The summed E-state index contributed by atoms with van der Waals surface area (Å²) in [6, 6.07) is 21.7. The summed E-state index contributed by atoms with van der Waals surface area (Å²) in [6.07, 6.45) is -5.23. The highest BCUT2D eigenvalue weighted by atomic mass is 35.5. The predicted molar refractivity (Wildman–Crippen MR) is 198 cm³/mol. The molecule has 5 nitrogen and oxygen atoms in total. The lowest BCUT2D eigenvalue weighted by Crippen LogP contribution is -2.43. The van der Waals surface area contributed by atoms with Gasteiger partial charge in [-0.25, -0.2) is 0 Å². The number of hydrogen-bond donors (Lipinski definition) is 1. The SMILES string of the molecule is CC(C)C[C@](C)(N)COc1ccc(-c2cc(Cl)cc3ncccc23)cc1C(F)(F)F.COc1ccc(-c2cc(Cl)cc3ncccc23)cc1C(F)(F)F. The van der Waals surface area contributed by atoms with E-state index >= 15 is 0 Å². The Morgan fingerprint density at radius 2 is 1.13 bits per heavy atom. The van der Waals surface area contributed by atoms with Crippen LogP contribution < -0.4 is 15.2 Å². The molecule has 1 atom stereocenters. The summed E-state index contributed by atoms with van der Waals surface area (Å²) in [4.78, 5) is 8.45. The molecular weight excluding hydrogens is 739 g/mol. The second kappa shape index (κ2) is 15.8. The summed E-state index contributed by atoms with van der Waals surface area (Å²) in [7, 11) is 1.21. The molecule has 278 valence electrons. The number of fused-ring (bicyclic) bond motifs is 2. The first-order valence-corrected chi connectivity index (χ1v) is 17.1. The van der Waals surface area contributed by atoms with Gasteiger partial charge in [-0.2, -0.15) is 26.3 Å². The van der Waals surface area contributed by atoms with E-state index in [-0.39, 0.29) is 18.1 Å². The van der Waals surface area contributed by atoms with Crippen LogP contribution in [0.1, 0.15) is 38.3 Å². The fourth-order valence-corrected chi connectivity index (χ4v) is 6.58. The molecule has 13 heteroatoms. The number of nitrogens with zero attached hydrogens (tertiary/aromatic N) is 2. The van der Waals surface area contributed by atoms with E-state index in [2.05, 4.69) is 9.97 Å². The quantitative estimate of drug-likeness (QED) is 0.156. The van der Waals surface area contributed by atoms with Crippen LogP contribution in [-0.4, -0.2) is 29.2 Å². The summed E-state index contributed by atoms with van der Waals surface area (Å²) in [5.74, 6) is -0.153. The van der Waals surface area contributed by atoms with Crippen LogP contribution in [0.4, 0.5) is 26.3 Å². The van der Waals surface area contributed by atoms with Crippen LogP contribution in [0, 0.1) is 5.92 Å². The van der Waals surface area contributed by atoms with Gasteiger partial charge >= 0.3 is 12.4 Å². The maximum atomic E-state index is 13.8. The van der Waals surface area contributed by atoms with Crippen LogP contribution in [0.5, 0.6) is 11.5 Å². The van der Waals surface area contributed by atoms with Crippen LogP contribution in [0.15, 0.2) is 97.3 Å². The molecule has 0 aliphatic carbocycles. The van der Waals surface area contributed by atoms with Crippen molar-refractivity contribution in [2.75, 3.05) is 13.7 Å². The van der Waals surface area contributed by atoms with Crippen molar-refractivity contribution in [3.8, 4) is 33.8 Å². The maximum absolute atomic E-state index is 13.8. The monoisotopic (exact) mass is 773 g/mol. The number of alkyl halides is 6. The van der Waals surface area contributed by atoms with E-state index in [4.69, 9.17) is 38.4 Å². The van der Waals surface area contributed by atoms with Crippen molar-refractivity contribution >= 4 is 45.0 Å². The third-order valence-electron chi connectivity index (χ3n) is 8.21. The van der Waals surface area contributed by atoms with Crippen LogP contribution in [0.3, 0.4) is 0 Å². The molecular formula is C40H35Cl2F6N3O2. The summed E-state index contributed by atoms with van der Waals surface area (Å²) < 4.78 is 91.4. The van der Waals surface area contributed by atoms with E-state index in [0.717, 1.165) is 22.9 Å². The first-order valence-electron chi connectivity index (χ1n) is 16.3. The molecule has 0 spiro atoms. The van der Waals surface area contributed by atoms with E-state index in [0.29, 0.717) is 55.7 Å². The fourth-order valence-electron chi connectivity index (χ4n) is 6.15. The summed E-state index contributed by atoms with van der Waals surface area (Å²) in [5, 5.41) is 2.26. The topological polar surface area (TPSA) is 70.3 Å². The Hall–Kier alpha value is -4.58. The lowest BCUT2D eigenvalue weighted by Gasteiger charge is -2.27. The molecule has 0 bridgehead atoms. The number of aromatic nitrogens is 2. The third kappa shape index (κ3) is 9.70. The molecule has 6 rings (SSSR count). The minimum absolute atomic E-state index is 0.0162. The van der Waals surface area contributed by atoms with Gasteiger partial charge in [0.2, 0.25) is 0 Å². The van der Waals surface area contributed by atoms with E-state index in [1.54, 1.807) is 80.0 Å². The van der Waals surface area contributed by atoms with E-state index in [9.17, 15) is 26.3 Å². The van der Waals surface area contributed by atoms with Crippen LogP contribution in [-0.2, 0) is 12.4 Å². The Balaban J connectivity index is 0.000000211. The maximum Gasteiger partial charge on any atom is 0.419 e. The van der Waals surface area contributed by atoms with Crippen molar-refractivity contribution in [3.05, 3.63) is 118 Å². The van der Waals surface area contributed by atoms with Gasteiger partial charge in [-0.1, -0.05) is 61.3 Å². The zero-order chi connectivity index (χ0) is 38.7. The number of hydrogen-bond acceptors (Lipinski definition) is 5. The number of benzene rings is 4. The summed E-state index contributed by atoms with van der Waals surface area (Å²) in [5.41, 5.74) is 6.98. The summed E-state index contributed by atoms with van der Waals surface area (Å²) >= 11 is 12.3. The van der Waals surface area contributed by atoms with Gasteiger partial charge in [0, 0.05) is 38.8 Å². The van der Waals surface area contributed by atoms with Gasteiger partial charge in [-0.05, 0) is 102 Å². The lowest BCUT2D eigenvalue weighted by atomic mass is 9.93. The number of rotatable bonds is 8. The molecule has 0 fully saturated rings. The van der Waals surface area contributed by atoms with Gasteiger partial charge in [-0.3, -0.25) is 9.97 Å². The molecule has 2 heterocycles. The largest absolute Gasteiger partial charge is 0.496 e. The minimum Gasteiger partial charge on any atom is -0.496 e. The first-order chi connectivity index (χ1) is 24.9. The average molecular weight is 775 g/mol. The Kier molecular flexibility index (Phi) is 11.8. The van der Waals surface area contributed by atoms with Gasteiger partial charge < -0.3 is 15.2 Å². The lowest BCUT2D eigenvalue weighted by molar-refractivity contribution is -0.139. The predicted octanol–water partition coefficient (Wildman–Crippen LogP) is 12.3. The second-order valence-corrected chi connectivity index (χ2v) is 14.1. The highest BCUT2D eigenvalue weighted by Gasteiger charge is 2.36. The van der Waals surface area contributed by atoms with Crippen molar-refractivity contribution in [3.63, 3.8) is 0 Å². The van der Waals surface area contributed by atoms with Gasteiger partial charge in [0.1, 0.15) is 18.1 Å². The molecule has 0 amide bonds. The van der Waals surface area contributed by atoms with E-state index in [1.165, 1.54) is 19.2 Å². The average Bonchev–Trinajstić information content (AvgIpc) is 3.08. The number of ether oxygens (including phenoxy) is 2. The van der Waals surface area contributed by atoms with Crippen LogP contribution >= 0.6 is 23.2 Å². The Labute approximate surface area is 312 Å². The Morgan fingerprint density at radius 3 is 1.57 bits per heavy atom. The molecule has 53 heavy (non-hydrogen) atoms. The molecule has 6 aromatic rings. The standard InChI is InChI=1S/C23H24ClF3N2O.C17H11ClF3NO/c1-14(2)12-22(3,28)13-30-21-7-6-15(9-19(21)23(25,26)27)18-10-16(24)11-20-17(18)5-4-8-29-20;1-23-16-5-4-10(7-14(16)17(19,20)21)13-8-11(18)9-15-12(13)3-2-6-22-15/h4-11,14H,12-13,28H2,1-3H3;2-9H,1H3/t22-;/m0./s1. The fraction of sp³-hybridized carbons (Fsp3) is 0.250. The first kappa shape index (κ1) is 39.6. The van der Waals surface area contributed by atoms with Crippen LogP contribution in [0.2, 0.25) is 10.0 Å². The number of methoxy groups -OCH3 is 1. The number of pyridine rings is 2. The van der Waals surface area contributed by atoms with Crippen molar-refractivity contribution in [1.29, 1.82) is 0 Å². The van der Waals surface area contributed by atoms with Gasteiger partial charge in [-0.15, -0.1) is 0 Å². The van der Waals surface area contributed by atoms with Crippen molar-refractivity contribution < 1.29 is 35.8 Å². The molecule has 0 radical (unpaired) electrons. The smallest absolute Gasteiger partial charge is 0.419 e. The highest BCUT2D eigenvalue weighted by Crippen LogP contribution is 2.42. The van der Waals surface area contributed by atoms with Crippen molar-refractivity contribution in [2.24, 2.45) is 11.7 Å². The third-order valence-corrected chi connectivity index (χ3v) is 8.65. The minimum atomic E-state index is -4.58.